The summed E-state index contributed by atoms with van der Waals surface area (Å²) in [5, 5.41) is 0. The average Bonchev–Trinajstić information content (AvgIpc) is 2.79. The monoisotopic (exact) mass is 470 g/mol. The Balaban J connectivity index is 1.65. The number of nitrogens with one attached hydrogen (secondary N) is 1. The van der Waals surface area contributed by atoms with E-state index in [0.29, 0.717) is 24.7 Å². The molecule has 0 bridgehead atoms. The number of rotatable bonds is 6. The van der Waals surface area contributed by atoms with Gasteiger partial charge in [0, 0.05) is 19.2 Å². The number of hydrogen-bond acceptors (Lipinski definition) is 8. The quantitative estimate of drug-likeness (QED) is 0.671. The molecule has 168 valence electrons. The van der Waals surface area contributed by atoms with Crippen molar-refractivity contribution in [3.8, 4) is 17.2 Å². The van der Waals surface area contributed by atoms with E-state index in [-0.39, 0.29) is 47.5 Å². The molecule has 12 heteroatoms. The first-order chi connectivity index (χ1) is 14.8. The Morgan fingerprint density at radius 2 is 1.61 bits per heavy atom. The van der Waals surface area contributed by atoms with Crippen LogP contribution in [0.4, 0.5) is 5.69 Å². The van der Waals surface area contributed by atoms with Crippen molar-refractivity contribution >= 4 is 25.7 Å². The lowest BCUT2D eigenvalue weighted by molar-refractivity contribution is 0.0729. The van der Waals surface area contributed by atoms with Crippen LogP contribution < -0.4 is 18.9 Å². The molecular formula is C19H22N2O8S2. The van der Waals surface area contributed by atoms with E-state index in [0.717, 1.165) is 0 Å². The van der Waals surface area contributed by atoms with E-state index in [1.165, 1.54) is 47.8 Å². The summed E-state index contributed by atoms with van der Waals surface area (Å²) in [4.78, 5) is -0.163. The Labute approximate surface area is 180 Å². The second-order valence-electron chi connectivity index (χ2n) is 6.79. The average molecular weight is 471 g/mol. The third kappa shape index (κ3) is 4.42. The minimum Gasteiger partial charge on any atom is -0.495 e. The Morgan fingerprint density at radius 3 is 2.32 bits per heavy atom. The van der Waals surface area contributed by atoms with Crippen LogP contribution >= 0.6 is 0 Å². The SMILES string of the molecule is COc1ccc(NS(=O)(=O)c2ccc3c(c2)OCCO3)cc1S(=O)(=O)N1CCOCC1. The number of fused-ring (bicyclic) bond motifs is 1. The Kier molecular flexibility index (Phi) is 5.97. The molecule has 0 aromatic heterocycles. The molecule has 31 heavy (non-hydrogen) atoms. The van der Waals surface area contributed by atoms with Gasteiger partial charge in [-0.05, 0) is 30.3 Å². The summed E-state index contributed by atoms with van der Waals surface area (Å²) in [6, 6.07) is 8.38. The van der Waals surface area contributed by atoms with Gasteiger partial charge in [-0.2, -0.15) is 4.31 Å². The lowest BCUT2D eigenvalue weighted by Gasteiger charge is -2.27. The highest BCUT2D eigenvalue weighted by Crippen LogP contribution is 2.34. The van der Waals surface area contributed by atoms with Gasteiger partial charge in [-0.25, -0.2) is 16.8 Å². The maximum Gasteiger partial charge on any atom is 0.262 e. The second kappa shape index (κ2) is 8.54. The zero-order valence-electron chi connectivity index (χ0n) is 16.7. The molecule has 0 spiro atoms. The molecule has 2 aromatic carbocycles. The third-order valence-electron chi connectivity index (χ3n) is 4.83. The van der Waals surface area contributed by atoms with Crippen LogP contribution in [0.1, 0.15) is 0 Å². The fourth-order valence-corrected chi connectivity index (χ4v) is 5.93. The van der Waals surface area contributed by atoms with E-state index in [1.807, 2.05) is 0 Å². The van der Waals surface area contributed by atoms with Gasteiger partial charge in [0.15, 0.2) is 11.5 Å². The zero-order valence-corrected chi connectivity index (χ0v) is 18.4. The number of anilines is 1. The van der Waals surface area contributed by atoms with Gasteiger partial charge >= 0.3 is 0 Å². The van der Waals surface area contributed by atoms with Gasteiger partial charge in [0.25, 0.3) is 10.0 Å². The molecule has 10 nitrogen and oxygen atoms in total. The van der Waals surface area contributed by atoms with Crippen LogP contribution in [0.25, 0.3) is 0 Å². The highest BCUT2D eigenvalue weighted by molar-refractivity contribution is 7.92. The maximum atomic E-state index is 13.1. The molecule has 1 saturated heterocycles. The van der Waals surface area contributed by atoms with Gasteiger partial charge in [-0.1, -0.05) is 0 Å². The number of hydrogen-bond donors (Lipinski definition) is 1. The molecule has 0 atom stereocenters. The van der Waals surface area contributed by atoms with Crippen molar-refractivity contribution in [2.45, 2.75) is 9.79 Å². The van der Waals surface area contributed by atoms with Crippen LogP contribution in [-0.2, 0) is 24.8 Å². The number of morpholine rings is 1. The van der Waals surface area contributed by atoms with E-state index in [1.54, 1.807) is 0 Å². The molecule has 0 amide bonds. The molecule has 4 rings (SSSR count). The standard InChI is InChI=1S/C19H22N2O8S2/c1-26-17-4-2-14(12-19(17)31(24,25)21-6-8-27-9-7-21)20-30(22,23)15-3-5-16-18(13-15)29-11-10-28-16/h2-5,12-13,20H,6-11H2,1H3. The molecule has 2 heterocycles. The predicted molar refractivity (Wildman–Crippen MR) is 111 cm³/mol. The fraction of sp³-hybridized carbons (Fsp3) is 0.368. The molecule has 2 aliphatic rings. The third-order valence-corrected chi connectivity index (χ3v) is 8.13. The van der Waals surface area contributed by atoms with Gasteiger partial charge in [-0.15, -0.1) is 0 Å². The van der Waals surface area contributed by atoms with E-state index in [4.69, 9.17) is 18.9 Å². The normalized spacial score (nSPS) is 17.2. The Hall–Kier alpha value is -2.54. The smallest absolute Gasteiger partial charge is 0.262 e. The first-order valence-corrected chi connectivity index (χ1v) is 12.4. The van der Waals surface area contributed by atoms with Crippen molar-refractivity contribution in [1.29, 1.82) is 0 Å². The lowest BCUT2D eigenvalue weighted by atomic mass is 10.3. The van der Waals surface area contributed by atoms with E-state index >= 15 is 0 Å². The summed E-state index contributed by atoms with van der Waals surface area (Å²) in [5.74, 6) is 0.918. The van der Waals surface area contributed by atoms with Crippen LogP contribution in [0.15, 0.2) is 46.2 Å². The van der Waals surface area contributed by atoms with Gasteiger partial charge in [0.1, 0.15) is 23.9 Å². The summed E-state index contributed by atoms with van der Waals surface area (Å²) in [5.41, 5.74) is 0.0857. The second-order valence-corrected chi connectivity index (χ2v) is 10.4. The fourth-order valence-electron chi connectivity index (χ4n) is 3.27. The number of methoxy groups -OCH3 is 1. The molecule has 2 aliphatic heterocycles. The summed E-state index contributed by atoms with van der Waals surface area (Å²) in [6.45, 7) is 1.71. The summed E-state index contributed by atoms with van der Waals surface area (Å²) >= 11 is 0. The largest absolute Gasteiger partial charge is 0.495 e. The summed E-state index contributed by atoms with van der Waals surface area (Å²) in [6.07, 6.45) is 0. The molecule has 0 saturated carbocycles. The zero-order chi connectivity index (χ0) is 22.1. The molecule has 1 fully saturated rings. The van der Waals surface area contributed by atoms with Crippen molar-refractivity contribution in [3.05, 3.63) is 36.4 Å². The van der Waals surface area contributed by atoms with Crippen molar-refractivity contribution in [2.75, 3.05) is 51.3 Å². The van der Waals surface area contributed by atoms with E-state index in [2.05, 4.69) is 4.72 Å². The van der Waals surface area contributed by atoms with Crippen LogP contribution in [-0.4, -0.2) is 67.8 Å². The van der Waals surface area contributed by atoms with Gasteiger partial charge in [-0.3, -0.25) is 4.72 Å². The number of sulfonamides is 2. The van der Waals surface area contributed by atoms with Gasteiger partial charge in [0.05, 0.1) is 30.9 Å². The van der Waals surface area contributed by atoms with Crippen molar-refractivity contribution in [3.63, 3.8) is 0 Å². The van der Waals surface area contributed by atoms with Crippen LogP contribution in [0, 0.1) is 0 Å². The van der Waals surface area contributed by atoms with E-state index < -0.39 is 20.0 Å². The van der Waals surface area contributed by atoms with Crippen LogP contribution in [0.3, 0.4) is 0 Å². The first kappa shape index (κ1) is 21.7. The maximum absolute atomic E-state index is 13.1. The highest BCUT2D eigenvalue weighted by atomic mass is 32.2. The van der Waals surface area contributed by atoms with Crippen molar-refractivity contribution in [2.24, 2.45) is 0 Å². The molecule has 1 N–H and O–H groups in total. The van der Waals surface area contributed by atoms with Crippen LogP contribution in [0.5, 0.6) is 17.2 Å². The van der Waals surface area contributed by atoms with Crippen molar-refractivity contribution < 1.29 is 35.8 Å². The topological polar surface area (TPSA) is 120 Å². The van der Waals surface area contributed by atoms with E-state index in [9.17, 15) is 16.8 Å². The molecule has 0 radical (unpaired) electrons. The summed E-state index contributed by atoms with van der Waals surface area (Å²) < 4.78 is 77.0. The molecule has 2 aromatic rings. The number of ether oxygens (including phenoxy) is 4. The minimum atomic E-state index is -4.01. The Morgan fingerprint density at radius 1 is 0.903 bits per heavy atom. The van der Waals surface area contributed by atoms with Crippen molar-refractivity contribution in [1.82, 2.24) is 4.31 Å². The number of benzene rings is 2. The van der Waals surface area contributed by atoms with Gasteiger partial charge in [0.2, 0.25) is 10.0 Å². The molecular weight excluding hydrogens is 448 g/mol. The summed E-state index contributed by atoms with van der Waals surface area (Å²) in [7, 11) is -6.56. The molecule has 0 aliphatic carbocycles. The Bertz CT molecular complexity index is 1180. The first-order valence-electron chi connectivity index (χ1n) is 9.50. The lowest BCUT2D eigenvalue weighted by Crippen LogP contribution is -2.40. The van der Waals surface area contributed by atoms with Gasteiger partial charge < -0.3 is 18.9 Å². The minimum absolute atomic E-state index is 0.0369. The highest BCUT2D eigenvalue weighted by Gasteiger charge is 2.30. The molecule has 0 unspecified atom stereocenters. The predicted octanol–water partition coefficient (Wildman–Crippen LogP) is 1.29. The number of nitrogens with zero attached hydrogens (tertiary/aromatic N) is 1. The van der Waals surface area contributed by atoms with Crippen LogP contribution in [0.2, 0.25) is 0 Å².